The highest BCUT2D eigenvalue weighted by atomic mass is 79.9. The van der Waals surface area contributed by atoms with E-state index in [2.05, 4.69) is 31.4 Å². The van der Waals surface area contributed by atoms with Crippen molar-refractivity contribution in [3.8, 4) is 11.5 Å². The van der Waals surface area contributed by atoms with E-state index in [-0.39, 0.29) is 12.3 Å². The molecule has 0 spiro atoms. The van der Waals surface area contributed by atoms with Crippen LogP contribution >= 0.6 is 15.9 Å². The van der Waals surface area contributed by atoms with Gasteiger partial charge >= 0.3 is 0 Å². The van der Waals surface area contributed by atoms with E-state index in [1.54, 1.807) is 27.2 Å². The number of aromatic nitrogens is 2. The van der Waals surface area contributed by atoms with Crippen LogP contribution in [0.1, 0.15) is 49.4 Å². The van der Waals surface area contributed by atoms with Gasteiger partial charge in [0, 0.05) is 11.4 Å². The molecule has 1 fully saturated rings. The van der Waals surface area contributed by atoms with E-state index < -0.39 is 5.54 Å². The number of hydrogen-bond acceptors (Lipinski definition) is 6. The predicted molar refractivity (Wildman–Crippen MR) is 103 cm³/mol. The number of carbonyl (C=O) groups is 1. The summed E-state index contributed by atoms with van der Waals surface area (Å²) in [5.41, 5.74) is 0.260. The monoisotopic (exact) mass is 437 g/mol. The molecule has 2 aromatic rings. The Morgan fingerprint density at radius 2 is 1.89 bits per heavy atom. The highest BCUT2D eigenvalue weighted by Crippen LogP contribution is 2.37. The minimum Gasteiger partial charge on any atom is -0.493 e. The van der Waals surface area contributed by atoms with Crippen LogP contribution in [0, 0.1) is 6.92 Å². The summed E-state index contributed by atoms with van der Waals surface area (Å²) in [6.45, 7) is 1.76. The van der Waals surface area contributed by atoms with E-state index >= 15 is 0 Å². The molecule has 1 aromatic carbocycles. The molecule has 1 amide bonds. The summed E-state index contributed by atoms with van der Waals surface area (Å²) < 4.78 is 16.6. The van der Waals surface area contributed by atoms with Crippen molar-refractivity contribution in [2.24, 2.45) is 0 Å². The molecular weight excluding hydrogens is 414 g/mol. The zero-order chi connectivity index (χ0) is 19.4. The third-order valence-corrected chi connectivity index (χ3v) is 5.68. The predicted octanol–water partition coefficient (Wildman–Crippen LogP) is 3.68. The number of hydrogen-bond donors (Lipinski definition) is 1. The Kier molecular flexibility index (Phi) is 6.04. The average molecular weight is 438 g/mol. The lowest BCUT2D eigenvalue weighted by Gasteiger charge is -2.35. The fourth-order valence-electron chi connectivity index (χ4n) is 3.57. The van der Waals surface area contributed by atoms with Gasteiger partial charge in [0.15, 0.2) is 17.3 Å². The summed E-state index contributed by atoms with van der Waals surface area (Å²) in [5, 5.41) is 7.28. The number of carbonyl (C=O) groups excluding carboxylic acids is 1. The average Bonchev–Trinajstić information content (AvgIpc) is 3.11. The summed E-state index contributed by atoms with van der Waals surface area (Å²) in [6, 6.07) is 3.62. The quantitative estimate of drug-likeness (QED) is 0.741. The fraction of sp³-hybridized carbons (Fsp3) is 0.526. The lowest BCUT2D eigenvalue weighted by Crippen LogP contribution is -2.48. The first-order chi connectivity index (χ1) is 13.0. The molecule has 0 saturated heterocycles. The minimum atomic E-state index is -0.559. The van der Waals surface area contributed by atoms with Crippen LogP contribution < -0.4 is 14.8 Å². The first-order valence-corrected chi connectivity index (χ1v) is 9.79. The van der Waals surface area contributed by atoms with Crippen LogP contribution in [0.5, 0.6) is 11.5 Å². The molecule has 3 rings (SSSR count). The van der Waals surface area contributed by atoms with Gasteiger partial charge in [0.05, 0.1) is 20.6 Å². The molecule has 0 aliphatic heterocycles. The van der Waals surface area contributed by atoms with Gasteiger partial charge in [-0.2, -0.15) is 4.98 Å². The first kappa shape index (κ1) is 19.7. The second kappa shape index (κ2) is 8.29. The summed E-state index contributed by atoms with van der Waals surface area (Å²) in [6.07, 6.45) is 5.02. The van der Waals surface area contributed by atoms with E-state index in [4.69, 9.17) is 14.0 Å². The third kappa shape index (κ3) is 4.26. The molecule has 1 saturated carbocycles. The second-order valence-electron chi connectivity index (χ2n) is 6.80. The van der Waals surface area contributed by atoms with Gasteiger partial charge in [-0.25, -0.2) is 0 Å². The van der Waals surface area contributed by atoms with Crippen molar-refractivity contribution < 1.29 is 18.8 Å². The SMILES string of the molecule is COc1cc(Br)c(CC(=O)NC2(c3noc(C)n3)CCCCC2)cc1OC. The standard InChI is InChI=1S/C19H24BrN3O4/c1-12-21-18(23-27-12)19(7-5-4-6-8-19)22-17(24)10-13-9-15(25-2)16(26-3)11-14(13)20/h9,11H,4-8,10H2,1-3H3,(H,22,24). The van der Waals surface area contributed by atoms with Crippen molar-refractivity contribution in [3.05, 3.63) is 33.9 Å². The van der Waals surface area contributed by atoms with Gasteiger partial charge in [-0.3, -0.25) is 4.79 Å². The van der Waals surface area contributed by atoms with Crippen LogP contribution in [-0.4, -0.2) is 30.3 Å². The van der Waals surface area contributed by atoms with Crippen LogP contribution in [0.25, 0.3) is 0 Å². The van der Waals surface area contributed by atoms with Crippen molar-refractivity contribution in [3.63, 3.8) is 0 Å². The highest BCUT2D eigenvalue weighted by Gasteiger charge is 2.39. The molecule has 8 heteroatoms. The summed E-state index contributed by atoms with van der Waals surface area (Å²) in [4.78, 5) is 17.3. The number of methoxy groups -OCH3 is 2. The zero-order valence-corrected chi connectivity index (χ0v) is 17.4. The Balaban J connectivity index is 1.81. The molecule has 7 nitrogen and oxygen atoms in total. The Bertz CT molecular complexity index is 815. The maximum absolute atomic E-state index is 12.9. The largest absolute Gasteiger partial charge is 0.493 e. The molecule has 1 aliphatic rings. The fourth-order valence-corrected chi connectivity index (χ4v) is 4.03. The van der Waals surface area contributed by atoms with E-state index in [0.717, 1.165) is 42.1 Å². The smallest absolute Gasteiger partial charge is 0.225 e. The van der Waals surface area contributed by atoms with Gasteiger partial charge in [0.2, 0.25) is 11.8 Å². The lowest BCUT2D eigenvalue weighted by atomic mass is 9.80. The van der Waals surface area contributed by atoms with Crippen molar-refractivity contribution in [2.45, 2.75) is 51.0 Å². The number of nitrogens with one attached hydrogen (secondary N) is 1. The molecule has 0 bridgehead atoms. The molecule has 1 N–H and O–H groups in total. The third-order valence-electron chi connectivity index (χ3n) is 4.94. The van der Waals surface area contributed by atoms with E-state index in [1.807, 2.05) is 6.07 Å². The molecular formula is C19H24BrN3O4. The van der Waals surface area contributed by atoms with Crippen molar-refractivity contribution in [1.82, 2.24) is 15.5 Å². The van der Waals surface area contributed by atoms with Gasteiger partial charge in [0.1, 0.15) is 5.54 Å². The van der Waals surface area contributed by atoms with E-state index in [1.165, 1.54) is 0 Å². The van der Waals surface area contributed by atoms with Gasteiger partial charge in [0.25, 0.3) is 0 Å². The topological polar surface area (TPSA) is 86.5 Å². The van der Waals surface area contributed by atoms with E-state index in [9.17, 15) is 4.79 Å². The maximum atomic E-state index is 12.9. The summed E-state index contributed by atoms with van der Waals surface area (Å²) in [7, 11) is 3.15. The number of rotatable bonds is 6. The first-order valence-electron chi connectivity index (χ1n) is 8.99. The van der Waals surface area contributed by atoms with Crippen molar-refractivity contribution in [1.29, 1.82) is 0 Å². The van der Waals surface area contributed by atoms with Gasteiger partial charge in [-0.1, -0.05) is 40.3 Å². The van der Waals surface area contributed by atoms with E-state index in [0.29, 0.717) is 23.2 Å². The van der Waals surface area contributed by atoms with Crippen LogP contribution in [0.15, 0.2) is 21.1 Å². The maximum Gasteiger partial charge on any atom is 0.225 e. The molecule has 1 heterocycles. The molecule has 146 valence electrons. The number of halogens is 1. The molecule has 0 unspecified atom stereocenters. The molecule has 1 aliphatic carbocycles. The van der Waals surface area contributed by atoms with Gasteiger partial charge in [-0.05, 0) is 30.5 Å². The van der Waals surface area contributed by atoms with Crippen LogP contribution in [0.3, 0.4) is 0 Å². The number of nitrogens with zero attached hydrogens (tertiary/aromatic N) is 2. The summed E-state index contributed by atoms with van der Waals surface area (Å²) in [5.74, 6) is 2.18. The molecule has 0 atom stereocenters. The number of benzene rings is 1. The minimum absolute atomic E-state index is 0.0905. The van der Waals surface area contributed by atoms with Crippen LogP contribution in [0.4, 0.5) is 0 Å². The normalized spacial score (nSPS) is 16.0. The number of aryl methyl sites for hydroxylation is 1. The number of amides is 1. The van der Waals surface area contributed by atoms with Crippen molar-refractivity contribution >= 4 is 21.8 Å². The highest BCUT2D eigenvalue weighted by molar-refractivity contribution is 9.10. The summed E-state index contributed by atoms with van der Waals surface area (Å²) >= 11 is 3.51. The Hall–Kier alpha value is -2.09. The molecule has 1 aromatic heterocycles. The van der Waals surface area contributed by atoms with Crippen LogP contribution in [-0.2, 0) is 16.8 Å². The second-order valence-corrected chi connectivity index (χ2v) is 7.66. The van der Waals surface area contributed by atoms with Crippen LogP contribution in [0.2, 0.25) is 0 Å². The molecule has 0 radical (unpaired) electrons. The number of ether oxygens (including phenoxy) is 2. The molecule has 27 heavy (non-hydrogen) atoms. The Morgan fingerprint density at radius 3 is 2.48 bits per heavy atom. The Labute approximate surface area is 166 Å². The van der Waals surface area contributed by atoms with Gasteiger partial charge in [-0.15, -0.1) is 0 Å². The Morgan fingerprint density at radius 1 is 1.22 bits per heavy atom. The van der Waals surface area contributed by atoms with Crippen molar-refractivity contribution in [2.75, 3.05) is 14.2 Å². The lowest BCUT2D eigenvalue weighted by molar-refractivity contribution is -0.123. The zero-order valence-electron chi connectivity index (χ0n) is 15.8. The van der Waals surface area contributed by atoms with Gasteiger partial charge < -0.3 is 19.3 Å².